The van der Waals surface area contributed by atoms with Gasteiger partial charge in [0, 0.05) is 0 Å². The number of hydrogen-bond acceptors (Lipinski definition) is 4. The maximum Gasteiger partial charge on any atom is 0.129 e. The first-order valence-electron chi connectivity index (χ1n) is 4.71. The summed E-state index contributed by atoms with van der Waals surface area (Å²) in [6, 6.07) is 0. The van der Waals surface area contributed by atoms with Crippen molar-refractivity contribution >= 4 is 0 Å². The average molecular weight is 208 g/mol. The molecule has 0 amide bonds. The minimum Gasteiger partial charge on any atom is -0.394 e. The van der Waals surface area contributed by atoms with Gasteiger partial charge in [-0.1, -0.05) is 0 Å². The van der Waals surface area contributed by atoms with E-state index in [4.69, 9.17) is 20.1 Å². The molecule has 5 heteroatoms. The van der Waals surface area contributed by atoms with Crippen molar-refractivity contribution in [3.8, 4) is 0 Å². The molecule has 2 atom stereocenters. The number of quaternary nitrogens is 1. The van der Waals surface area contributed by atoms with Gasteiger partial charge in [0.2, 0.25) is 0 Å². The first kappa shape index (κ1) is 13.8. The molecule has 0 aromatic rings. The van der Waals surface area contributed by atoms with Crippen molar-refractivity contribution in [1.82, 2.24) is 0 Å². The first-order chi connectivity index (χ1) is 6.39. The third-order valence-electron chi connectivity index (χ3n) is 1.69. The maximum absolute atomic E-state index is 9.04. The normalized spacial score (nSPS) is 16.7. The fraction of sp³-hybridized carbons (Fsp3) is 1.00. The lowest BCUT2D eigenvalue weighted by Gasteiger charge is -2.28. The summed E-state index contributed by atoms with van der Waals surface area (Å²) in [4.78, 5) is 0. The van der Waals surface area contributed by atoms with Gasteiger partial charge in [0.25, 0.3) is 0 Å². The molecule has 0 rings (SSSR count). The Morgan fingerprint density at radius 3 is 2.07 bits per heavy atom. The number of nitrogens with zero attached hydrogens (tertiary/aromatic N) is 1. The van der Waals surface area contributed by atoms with Crippen molar-refractivity contribution in [2.75, 3.05) is 47.5 Å². The zero-order valence-electron chi connectivity index (χ0n) is 9.18. The molecular weight excluding hydrogens is 186 g/mol. The molecule has 0 aromatic heterocycles. The molecule has 0 saturated carbocycles. The quantitative estimate of drug-likeness (QED) is 0.442. The summed E-state index contributed by atoms with van der Waals surface area (Å²) in [6.07, 6.45) is -1.16. The smallest absolute Gasteiger partial charge is 0.129 e. The van der Waals surface area contributed by atoms with E-state index < -0.39 is 6.10 Å². The highest BCUT2D eigenvalue weighted by Gasteiger charge is 2.18. The lowest BCUT2D eigenvalue weighted by Crippen LogP contribution is -2.44. The molecule has 0 spiro atoms. The van der Waals surface area contributed by atoms with Gasteiger partial charge in [-0.05, 0) is 0 Å². The van der Waals surface area contributed by atoms with E-state index in [1.54, 1.807) is 0 Å². The molecule has 86 valence electrons. The predicted octanol–water partition coefficient (Wildman–Crippen LogP) is -1.58. The standard InChI is InChI=1S/C9H22NO4/c1-10(2,3)4-9(6-12)14-7-8(13)5-11/h8-9,11-13H,4-7H2,1-3H3/q+1. The fourth-order valence-electron chi connectivity index (χ4n) is 1.07. The first-order valence-corrected chi connectivity index (χ1v) is 4.71. The van der Waals surface area contributed by atoms with Gasteiger partial charge in [-0.2, -0.15) is 0 Å². The van der Waals surface area contributed by atoms with Gasteiger partial charge in [0.05, 0.1) is 41.0 Å². The van der Waals surface area contributed by atoms with Gasteiger partial charge >= 0.3 is 0 Å². The molecule has 14 heavy (non-hydrogen) atoms. The molecule has 0 aliphatic carbocycles. The van der Waals surface area contributed by atoms with Gasteiger partial charge in [-0.15, -0.1) is 0 Å². The van der Waals surface area contributed by atoms with Crippen molar-refractivity contribution in [3.63, 3.8) is 0 Å². The topological polar surface area (TPSA) is 69.9 Å². The number of aliphatic hydroxyl groups is 3. The molecule has 5 nitrogen and oxygen atoms in total. The van der Waals surface area contributed by atoms with Crippen molar-refractivity contribution in [2.45, 2.75) is 12.2 Å². The highest BCUT2D eigenvalue weighted by atomic mass is 16.5. The van der Waals surface area contributed by atoms with E-state index in [9.17, 15) is 0 Å². The second kappa shape index (κ2) is 6.31. The van der Waals surface area contributed by atoms with Crippen LogP contribution in [0.25, 0.3) is 0 Å². The largest absolute Gasteiger partial charge is 0.394 e. The van der Waals surface area contributed by atoms with Crippen molar-refractivity contribution < 1.29 is 24.5 Å². The Morgan fingerprint density at radius 2 is 1.71 bits per heavy atom. The second-order valence-corrected chi connectivity index (χ2v) is 4.45. The van der Waals surface area contributed by atoms with E-state index in [-0.39, 0.29) is 25.9 Å². The van der Waals surface area contributed by atoms with Crippen molar-refractivity contribution in [1.29, 1.82) is 0 Å². The molecule has 0 bridgehead atoms. The molecule has 0 fully saturated rings. The van der Waals surface area contributed by atoms with Crippen LogP contribution >= 0.6 is 0 Å². The number of likely N-dealkylation sites (N-methyl/N-ethyl adjacent to an activating group) is 1. The molecule has 3 N–H and O–H groups in total. The third kappa shape index (κ3) is 7.23. The molecule has 0 aromatic carbocycles. The van der Waals surface area contributed by atoms with Gasteiger partial charge in [-0.25, -0.2) is 0 Å². The fourth-order valence-corrected chi connectivity index (χ4v) is 1.07. The molecule has 0 heterocycles. The molecule has 0 aliphatic rings. The Bertz CT molecular complexity index is 146. The zero-order valence-corrected chi connectivity index (χ0v) is 9.18. The van der Waals surface area contributed by atoms with Crippen molar-refractivity contribution in [3.05, 3.63) is 0 Å². The lowest BCUT2D eigenvalue weighted by atomic mass is 10.3. The number of rotatable bonds is 7. The average Bonchev–Trinajstić information content (AvgIpc) is 2.09. The van der Waals surface area contributed by atoms with Gasteiger partial charge in [0.15, 0.2) is 0 Å². The summed E-state index contributed by atoms with van der Waals surface area (Å²) in [6.45, 7) is 0.326. The molecule has 0 saturated heterocycles. The van der Waals surface area contributed by atoms with Crippen LogP contribution in [0.2, 0.25) is 0 Å². The number of hydrogen-bond donors (Lipinski definition) is 3. The molecule has 2 unspecified atom stereocenters. The van der Waals surface area contributed by atoms with E-state index in [2.05, 4.69) is 0 Å². The molecule has 0 radical (unpaired) electrons. The summed E-state index contributed by atoms with van der Waals surface area (Å²) in [7, 11) is 5.98. The summed E-state index contributed by atoms with van der Waals surface area (Å²) in [5.74, 6) is 0. The predicted molar refractivity (Wildman–Crippen MR) is 52.8 cm³/mol. The SMILES string of the molecule is C[N+](C)(C)CC(CO)OCC(O)CO. The Morgan fingerprint density at radius 1 is 1.14 bits per heavy atom. The summed E-state index contributed by atoms with van der Waals surface area (Å²) in [5.41, 5.74) is 0. The summed E-state index contributed by atoms with van der Waals surface area (Å²) < 4.78 is 5.93. The van der Waals surface area contributed by atoms with Crippen LogP contribution in [0.4, 0.5) is 0 Å². The summed E-state index contributed by atoms with van der Waals surface area (Å²) >= 11 is 0. The van der Waals surface area contributed by atoms with E-state index in [0.717, 1.165) is 0 Å². The Balaban J connectivity index is 3.80. The maximum atomic E-state index is 9.04. The Hall–Kier alpha value is -0.200. The highest BCUT2D eigenvalue weighted by Crippen LogP contribution is 2.00. The van der Waals surface area contributed by atoms with E-state index >= 15 is 0 Å². The van der Waals surface area contributed by atoms with Crippen LogP contribution in [-0.2, 0) is 4.74 Å². The van der Waals surface area contributed by atoms with E-state index in [1.165, 1.54) is 0 Å². The number of aliphatic hydroxyl groups excluding tert-OH is 3. The van der Waals surface area contributed by atoms with E-state index in [1.807, 2.05) is 21.1 Å². The van der Waals surface area contributed by atoms with Gasteiger partial charge in [0.1, 0.15) is 18.8 Å². The number of ether oxygens (including phenoxy) is 1. The van der Waals surface area contributed by atoms with Crippen LogP contribution in [0.15, 0.2) is 0 Å². The van der Waals surface area contributed by atoms with Crippen LogP contribution in [0.1, 0.15) is 0 Å². The van der Waals surface area contributed by atoms with Crippen LogP contribution in [0.5, 0.6) is 0 Å². The van der Waals surface area contributed by atoms with Gasteiger partial charge < -0.3 is 24.5 Å². The second-order valence-electron chi connectivity index (χ2n) is 4.45. The van der Waals surface area contributed by atoms with Gasteiger partial charge in [-0.3, -0.25) is 0 Å². The van der Waals surface area contributed by atoms with Crippen LogP contribution < -0.4 is 0 Å². The minimum atomic E-state index is -0.864. The monoisotopic (exact) mass is 208 g/mol. The Labute approximate surface area is 85.1 Å². The van der Waals surface area contributed by atoms with Crippen molar-refractivity contribution in [2.24, 2.45) is 0 Å². The van der Waals surface area contributed by atoms with E-state index in [0.29, 0.717) is 11.0 Å². The summed E-state index contributed by atoms with van der Waals surface area (Å²) in [5, 5.41) is 26.6. The zero-order chi connectivity index (χ0) is 11.2. The molecular formula is C9H22NO4+. The van der Waals surface area contributed by atoms with Crippen LogP contribution in [0.3, 0.4) is 0 Å². The van der Waals surface area contributed by atoms with Crippen LogP contribution in [0, 0.1) is 0 Å². The Kier molecular flexibility index (Phi) is 6.22. The lowest BCUT2D eigenvalue weighted by molar-refractivity contribution is -0.873. The molecule has 0 aliphatic heterocycles. The minimum absolute atomic E-state index is 0.0573. The highest BCUT2D eigenvalue weighted by molar-refractivity contribution is 4.57. The third-order valence-corrected chi connectivity index (χ3v) is 1.69. The van der Waals surface area contributed by atoms with Crippen LogP contribution in [-0.4, -0.2) is 79.5 Å².